The van der Waals surface area contributed by atoms with E-state index in [2.05, 4.69) is 12.2 Å². The van der Waals surface area contributed by atoms with Gasteiger partial charge in [0.2, 0.25) is 15.7 Å². The smallest absolute Gasteiger partial charge is 0.341 e. The van der Waals surface area contributed by atoms with Crippen molar-refractivity contribution in [1.29, 1.82) is 0 Å². The number of amides is 1. The predicted octanol–water partition coefficient (Wildman–Crippen LogP) is 2.92. The fourth-order valence-corrected chi connectivity index (χ4v) is 3.59. The molecule has 0 radical (unpaired) electrons. The molecule has 1 amide bonds. The third-order valence-corrected chi connectivity index (χ3v) is 5.71. The van der Waals surface area contributed by atoms with Crippen LogP contribution in [-0.4, -0.2) is 26.1 Å². The lowest BCUT2D eigenvalue weighted by Gasteiger charge is -2.29. The largest absolute Gasteiger partial charge is 0.353 e. The molecule has 0 spiro atoms. The first-order valence-corrected chi connectivity index (χ1v) is 9.25. The van der Waals surface area contributed by atoms with Crippen molar-refractivity contribution in [3.63, 3.8) is 0 Å². The standard InChI is InChI=1S/C16H21F2NO3S/c1-11-4-2-3-5-14(11)19-15(20)10-12-6-8-13(9-7-12)23(21,22)16(17)18/h6-9,11,14,16H,2-5,10H2,1H3,(H,19,20)/t11-,14-/m1/s1. The Kier molecular flexibility index (Phi) is 5.73. The Hall–Kier alpha value is -1.50. The molecule has 1 N–H and O–H groups in total. The molecule has 2 atom stereocenters. The van der Waals surface area contributed by atoms with Gasteiger partial charge in [0.05, 0.1) is 11.3 Å². The molecule has 1 fully saturated rings. The number of benzene rings is 1. The van der Waals surface area contributed by atoms with Gasteiger partial charge in [-0.25, -0.2) is 8.42 Å². The molecular formula is C16H21F2NO3S. The van der Waals surface area contributed by atoms with Crippen LogP contribution in [0.25, 0.3) is 0 Å². The Morgan fingerprint density at radius 2 is 1.83 bits per heavy atom. The first-order valence-electron chi connectivity index (χ1n) is 7.71. The second kappa shape index (κ2) is 7.38. The highest BCUT2D eigenvalue weighted by Gasteiger charge is 2.26. The third kappa shape index (κ3) is 4.50. The molecule has 23 heavy (non-hydrogen) atoms. The summed E-state index contributed by atoms with van der Waals surface area (Å²) < 4.78 is 47.6. The lowest BCUT2D eigenvalue weighted by molar-refractivity contribution is -0.121. The molecule has 0 aromatic heterocycles. The fraction of sp³-hybridized carbons (Fsp3) is 0.562. The van der Waals surface area contributed by atoms with Crippen molar-refractivity contribution in [1.82, 2.24) is 5.32 Å². The average Bonchev–Trinajstić information content (AvgIpc) is 2.50. The molecule has 0 bridgehead atoms. The van der Waals surface area contributed by atoms with Crippen molar-refractivity contribution in [2.75, 3.05) is 0 Å². The lowest BCUT2D eigenvalue weighted by atomic mass is 9.86. The van der Waals surface area contributed by atoms with Gasteiger partial charge < -0.3 is 5.32 Å². The normalized spacial score (nSPS) is 22.1. The number of hydrogen-bond donors (Lipinski definition) is 1. The van der Waals surface area contributed by atoms with Crippen molar-refractivity contribution in [2.24, 2.45) is 5.92 Å². The molecule has 7 heteroatoms. The van der Waals surface area contributed by atoms with Crippen LogP contribution in [0.2, 0.25) is 0 Å². The minimum atomic E-state index is -4.59. The number of rotatable bonds is 5. The molecule has 4 nitrogen and oxygen atoms in total. The summed E-state index contributed by atoms with van der Waals surface area (Å²) in [5.74, 6) is -3.12. The maximum Gasteiger partial charge on any atom is 0.341 e. The maximum atomic E-state index is 12.5. The molecule has 0 heterocycles. The highest BCUT2D eigenvalue weighted by molar-refractivity contribution is 7.91. The van der Waals surface area contributed by atoms with Crippen molar-refractivity contribution in [2.45, 2.75) is 55.7 Å². The first-order chi connectivity index (χ1) is 10.8. The van der Waals surface area contributed by atoms with Crippen LogP contribution < -0.4 is 5.32 Å². The Morgan fingerprint density at radius 1 is 1.22 bits per heavy atom. The molecule has 1 aliphatic rings. The topological polar surface area (TPSA) is 63.2 Å². The van der Waals surface area contributed by atoms with E-state index in [1.807, 2.05) is 0 Å². The summed E-state index contributed by atoms with van der Waals surface area (Å²) in [5, 5.41) is 3.00. The number of alkyl halides is 2. The molecule has 0 unspecified atom stereocenters. The van der Waals surface area contributed by atoms with Gasteiger partial charge in [0.25, 0.3) is 0 Å². The van der Waals surface area contributed by atoms with Crippen LogP contribution >= 0.6 is 0 Å². The van der Waals surface area contributed by atoms with Crippen LogP contribution in [0, 0.1) is 5.92 Å². The summed E-state index contributed by atoms with van der Waals surface area (Å²) in [7, 11) is -4.59. The van der Waals surface area contributed by atoms with E-state index in [-0.39, 0.29) is 18.4 Å². The number of carbonyl (C=O) groups excluding carboxylic acids is 1. The molecule has 128 valence electrons. The Morgan fingerprint density at radius 3 is 2.39 bits per heavy atom. The van der Waals surface area contributed by atoms with Crippen molar-refractivity contribution < 1.29 is 22.0 Å². The second-order valence-corrected chi connectivity index (χ2v) is 7.98. The molecule has 2 rings (SSSR count). The molecular weight excluding hydrogens is 324 g/mol. The van der Waals surface area contributed by atoms with Gasteiger partial charge in [-0.2, -0.15) is 8.78 Å². The highest BCUT2D eigenvalue weighted by Crippen LogP contribution is 2.24. The van der Waals surface area contributed by atoms with Gasteiger partial charge >= 0.3 is 5.76 Å². The summed E-state index contributed by atoms with van der Waals surface area (Å²) >= 11 is 0. The molecule has 1 aromatic carbocycles. The van der Waals surface area contributed by atoms with Crippen LogP contribution in [0.5, 0.6) is 0 Å². The zero-order valence-electron chi connectivity index (χ0n) is 13.0. The third-order valence-electron chi connectivity index (χ3n) is 4.31. The number of carbonyl (C=O) groups is 1. The molecule has 0 aliphatic heterocycles. The summed E-state index contributed by atoms with van der Waals surface area (Å²) in [6.07, 6.45) is 4.48. The van der Waals surface area contributed by atoms with E-state index in [4.69, 9.17) is 0 Å². The first kappa shape index (κ1) is 17.8. The van der Waals surface area contributed by atoms with Gasteiger partial charge in [0, 0.05) is 6.04 Å². The van der Waals surface area contributed by atoms with Crippen LogP contribution in [0.4, 0.5) is 8.78 Å². The van der Waals surface area contributed by atoms with Crippen LogP contribution in [-0.2, 0) is 21.1 Å². The van der Waals surface area contributed by atoms with Crippen LogP contribution in [0.3, 0.4) is 0 Å². The van der Waals surface area contributed by atoms with E-state index in [1.165, 1.54) is 18.6 Å². The molecule has 1 saturated carbocycles. The van der Waals surface area contributed by atoms with E-state index >= 15 is 0 Å². The molecule has 1 aromatic rings. The monoisotopic (exact) mass is 345 g/mol. The van der Waals surface area contributed by atoms with Crippen molar-refractivity contribution in [3.05, 3.63) is 29.8 Å². The van der Waals surface area contributed by atoms with Gasteiger partial charge in [-0.15, -0.1) is 0 Å². The average molecular weight is 345 g/mol. The predicted molar refractivity (Wildman–Crippen MR) is 82.9 cm³/mol. The molecule has 0 saturated heterocycles. The highest BCUT2D eigenvalue weighted by atomic mass is 32.2. The summed E-state index contributed by atoms with van der Waals surface area (Å²) in [4.78, 5) is 11.6. The van der Waals surface area contributed by atoms with E-state index in [9.17, 15) is 22.0 Å². The Labute approximate surface area is 135 Å². The maximum absolute atomic E-state index is 12.5. The Bertz CT molecular complexity index is 644. The zero-order chi connectivity index (χ0) is 17.0. The van der Waals surface area contributed by atoms with E-state index < -0.39 is 20.5 Å². The zero-order valence-corrected chi connectivity index (χ0v) is 13.8. The summed E-state index contributed by atoms with van der Waals surface area (Å²) in [5.41, 5.74) is 0.596. The minimum Gasteiger partial charge on any atom is -0.353 e. The summed E-state index contributed by atoms with van der Waals surface area (Å²) in [6, 6.07) is 5.22. The minimum absolute atomic E-state index is 0.109. The van der Waals surface area contributed by atoms with Crippen LogP contribution in [0.1, 0.15) is 38.2 Å². The SMILES string of the molecule is C[C@@H]1CCCC[C@H]1NC(=O)Cc1ccc(S(=O)(=O)C(F)F)cc1. The van der Waals surface area contributed by atoms with E-state index in [0.29, 0.717) is 11.5 Å². The molecule has 1 aliphatic carbocycles. The quantitative estimate of drug-likeness (QED) is 0.892. The van der Waals surface area contributed by atoms with Gasteiger partial charge in [-0.1, -0.05) is 31.9 Å². The summed E-state index contributed by atoms with van der Waals surface area (Å²) in [6.45, 7) is 2.12. The van der Waals surface area contributed by atoms with Gasteiger partial charge in [0.15, 0.2) is 0 Å². The van der Waals surface area contributed by atoms with Crippen LogP contribution in [0.15, 0.2) is 29.2 Å². The van der Waals surface area contributed by atoms with Crippen molar-refractivity contribution >= 4 is 15.7 Å². The number of sulfone groups is 1. The number of halogens is 2. The number of nitrogens with one attached hydrogen (secondary N) is 1. The van der Waals surface area contributed by atoms with E-state index in [0.717, 1.165) is 31.4 Å². The van der Waals surface area contributed by atoms with Gasteiger partial charge in [0.1, 0.15) is 0 Å². The van der Waals surface area contributed by atoms with Crippen molar-refractivity contribution in [3.8, 4) is 0 Å². The van der Waals surface area contributed by atoms with Gasteiger partial charge in [-0.05, 0) is 36.5 Å². The van der Waals surface area contributed by atoms with Gasteiger partial charge in [-0.3, -0.25) is 4.79 Å². The number of hydrogen-bond acceptors (Lipinski definition) is 3. The lowest BCUT2D eigenvalue weighted by Crippen LogP contribution is -2.41. The van der Waals surface area contributed by atoms with E-state index in [1.54, 1.807) is 0 Å². The Balaban J connectivity index is 1.97. The fourth-order valence-electron chi connectivity index (χ4n) is 2.87. The second-order valence-electron chi connectivity index (χ2n) is 6.06.